The van der Waals surface area contributed by atoms with Gasteiger partial charge in [-0.15, -0.1) is 0 Å². The van der Waals surface area contributed by atoms with Crippen molar-refractivity contribution in [1.29, 1.82) is 5.26 Å². The number of carboxylic acid groups (broad SMARTS) is 1. The molecule has 0 saturated carbocycles. The summed E-state index contributed by atoms with van der Waals surface area (Å²) in [4.78, 5) is 58.3. The average Bonchev–Trinajstić information content (AvgIpc) is 3.03. The number of ether oxygens (including phenoxy) is 1. The number of carboxylic acids is 1. The van der Waals surface area contributed by atoms with Crippen LogP contribution in [0.5, 0.6) is 0 Å². The molecule has 2 aliphatic heterocycles. The van der Waals surface area contributed by atoms with E-state index in [4.69, 9.17) is 4.74 Å². The molecule has 1 unspecified atom stereocenters. The standard InChI is InChI=1S/C34H42FN5O6/c1-34(2,3)46-33(45)39-13-10-22(11-14-39)6-9-30(41)40-12-4-5-24(21-40)32(44)38-29(17-31(42)43)27-16-26(19-37-20-27)23-7-8-28(35)25(15-23)18-36/h7-8,15-16,19-20,22,24,29H,4-6,9-14,17,21H2,1-3H3,(H,38,44)(H,42,43)/t24-,29?/m1/s1. The number of nitrogens with zero attached hydrogens (tertiary/aromatic N) is 4. The first kappa shape index (κ1) is 34.3. The van der Waals surface area contributed by atoms with Crippen molar-refractivity contribution in [3.8, 4) is 17.2 Å². The molecule has 0 spiro atoms. The van der Waals surface area contributed by atoms with Gasteiger partial charge in [-0.25, -0.2) is 9.18 Å². The number of hydrogen-bond donors (Lipinski definition) is 2. The minimum absolute atomic E-state index is 0.0119. The number of hydrogen-bond acceptors (Lipinski definition) is 7. The number of carbonyl (C=O) groups is 4. The summed E-state index contributed by atoms with van der Waals surface area (Å²) in [6.07, 6.45) is 6.22. The molecule has 0 aliphatic carbocycles. The Morgan fingerprint density at radius 2 is 1.83 bits per heavy atom. The van der Waals surface area contributed by atoms with E-state index >= 15 is 0 Å². The molecule has 0 radical (unpaired) electrons. The predicted molar refractivity (Wildman–Crippen MR) is 167 cm³/mol. The highest BCUT2D eigenvalue weighted by molar-refractivity contribution is 5.82. The maximum atomic E-state index is 13.9. The molecule has 2 saturated heterocycles. The second-order valence-corrected chi connectivity index (χ2v) is 13.1. The first-order valence-corrected chi connectivity index (χ1v) is 15.8. The number of halogens is 1. The maximum Gasteiger partial charge on any atom is 0.410 e. The van der Waals surface area contributed by atoms with E-state index in [1.54, 1.807) is 21.9 Å². The van der Waals surface area contributed by atoms with Gasteiger partial charge in [0, 0.05) is 50.6 Å². The fraction of sp³-hybridized carbons (Fsp3) is 0.529. The van der Waals surface area contributed by atoms with E-state index in [2.05, 4.69) is 10.3 Å². The van der Waals surface area contributed by atoms with Crippen LogP contribution in [0.2, 0.25) is 0 Å². The van der Waals surface area contributed by atoms with Crippen LogP contribution in [0.25, 0.3) is 11.1 Å². The summed E-state index contributed by atoms with van der Waals surface area (Å²) in [5.74, 6) is -2.26. The van der Waals surface area contributed by atoms with Crippen LogP contribution in [0, 0.1) is 29.0 Å². The molecule has 46 heavy (non-hydrogen) atoms. The van der Waals surface area contributed by atoms with Gasteiger partial charge in [-0.1, -0.05) is 6.07 Å². The number of nitrogens with one attached hydrogen (secondary N) is 1. The number of rotatable bonds is 9. The lowest BCUT2D eigenvalue weighted by Crippen LogP contribution is -2.46. The largest absolute Gasteiger partial charge is 0.481 e. The van der Waals surface area contributed by atoms with Crippen molar-refractivity contribution in [3.05, 3.63) is 53.6 Å². The highest BCUT2D eigenvalue weighted by Crippen LogP contribution is 2.28. The van der Waals surface area contributed by atoms with Gasteiger partial charge in [0.25, 0.3) is 0 Å². The van der Waals surface area contributed by atoms with Crippen molar-refractivity contribution in [2.24, 2.45) is 11.8 Å². The number of amides is 3. The van der Waals surface area contributed by atoms with Gasteiger partial charge in [0.2, 0.25) is 11.8 Å². The van der Waals surface area contributed by atoms with E-state index in [9.17, 15) is 33.9 Å². The molecule has 1 aromatic carbocycles. The Morgan fingerprint density at radius 1 is 1.09 bits per heavy atom. The molecule has 2 fully saturated rings. The Bertz CT molecular complexity index is 1480. The molecule has 3 heterocycles. The molecule has 12 heteroatoms. The predicted octanol–water partition coefficient (Wildman–Crippen LogP) is 5.06. The monoisotopic (exact) mass is 635 g/mol. The Morgan fingerprint density at radius 3 is 2.50 bits per heavy atom. The molecular formula is C34H42FN5O6. The molecular weight excluding hydrogens is 593 g/mol. The van der Waals surface area contributed by atoms with Gasteiger partial charge in [-0.05, 0) is 88.1 Å². The third-order valence-electron chi connectivity index (χ3n) is 8.45. The Kier molecular flexibility index (Phi) is 11.3. The molecule has 2 atom stereocenters. The number of pyridine rings is 1. The second kappa shape index (κ2) is 15.2. The Labute approximate surface area is 268 Å². The summed E-state index contributed by atoms with van der Waals surface area (Å²) < 4.78 is 19.3. The minimum atomic E-state index is -1.11. The first-order chi connectivity index (χ1) is 21.8. The van der Waals surface area contributed by atoms with Crippen LogP contribution >= 0.6 is 0 Å². The minimum Gasteiger partial charge on any atom is -0.481 e. The van der Waals surface area contributed by atoms with Crippen LogP contribution in [0.3, 0.4) is 0 Å². The molecule has 2 N–H and O–H groups in total. The average molecular weight is 636 g/mol. The van der Waals surface area contributed by atoms with Gasteiger partial charge in [0.1, 0.15) is 17.5 Å². The third kappa shape index (κ3) is 9.49. The molecule has 4 rings (SSSR count). The van der Waals surface area contributed by atoms with Gasteiger partial charge in [0.15, 0.2) is 0 Å². The fourth-order valence-electron chi connectivity index (χ4n) is 5.95. The first-order valence-electron chi connectivity index (χ1n) is 15.8. The number of piperidine rings is 2. The van der Waals surface area contributed by atoms with E-state index < -0.39 is 29.3 Å². The zero-order valence-corrected chi connectivity index (χ0v) is 26.6. The van der Waals surface area contributed by atoms with E-state index in [0.29, 0.717) is 67.9 Å². The van der Waals surface area contributed by atoms with E-state index in [1.165, 1.54) is 30.6 Å². The third-order valence-corrected chi connectivity index (χ3v) is 8.45. The molecule has 246 valence electrons. The molecule has 2 aromatic rings. The zero-order valence-electron chi connectivity index (χ0n) is 26.6. The van der Waals surface area contributed by atoms with Crippen LogP contribution < -0.4 is 5.32 Å². The molecule has 3 amide bonds. The van der Waals surface area contributed by atoms with Gasteiger partial charge in [-0.3, -0.25) is 19.4 Å². The van der Waals surface area contributed by atoms with Crippen molar-refractivity contribution < 1.29 is 33.4 Å². The van der Waals surface area contributed by atoms with E-state index in [-0.39, 0.29) is 36.4 Å². The van der Waals surface area contributed by atoms with Crippen molar-refractivity contribution in [2.45, 2.75) is 77.4 Å². The van der Waals surface area contributed by atoms with Crippen LogP contribution in [0.15, 0.2) is 36.7 Å². The Hall–Kier alpha value is -4.53. The van der Waals surface area contributed by atoms with Crippen LogP contribution in [0.1, 0.15) is 82.9 Å². The summed E-state index contributed by atoms with van der Waals surface area (Å²) >= 11 is 0. The van der Waals surface area contributed by atoms with Gasteiger partial charge in [-0.2, -0.15) is 5.26 Å². The van der Waals surface area contributed by atoms with E-state index in [0.717, 1.165) is 12.8 Å². The Balaban J connectivity index is 1.32. The second-order valence-electron chi connectivity index (χ2n) is 13.1. The number of benzene rings is 1. The number of aromatic nitrogens is 1. The quantitative estimate of drug-likeness (QED) is 0.388. The van der Waals surface area contributed by atoms with Gasteiger partial charge < -0.3 is 25.0 Å². The van der Waals surface area contributed by atoms with Crippen molar-refractivity contribution >= 4 is 23.9 Å². The van der Waals surface area contributed by atoms with Gasteiger partial charge >= 0.3 is 12.1 Å². The highest BCUT2D eigenvalue weighted by atomic mass is 19.1. The zero-order chi connectivity index (χ0) is 33.4. The SMILES string of the molecule is CC(C)(C)OC(=O)N1CCC(CCC(=O)N2CCC[C@@H](C(=O)NC(CC(=O)O)c3cncc(-c4ccc(F)c(C#N)c4)c3)C2)CC1. The van der Waals surface area contributed by atoms with Crippen LogP contribution in [0.4, 0.5) is 9.18 Å². The molecule has 0 bridgehead atoms. The van der Waals surface area contributed by atoms with Gasteiger partial charge in [0.05, 0.1) is 23.9 Å². The molecule has 11 nitrogen and oxygen atoms in total. The van der Waals surface area contributed by atoms with Crippen molar-refractivity contribution in [2.75, 3.05) is 26.2 Å². The number of carbonyl (C=O) groups excluding carboxylic acids is 3. The summed E-state index contributed by atoms with van der Waals surface area (Å²) in [6.45, 7) is 7.53. The normalized spacial score (nSPS) is 17.9. The number of nitriles is 1. The topological polar surface area (TPSA) is 153 Å². The number of aliphatic carboxylic acids is 1. The molecule has 1 aromatic heterocycles. The summed E-state index contributed by atoms with van der Waals surface area (Å²) in [7, 11) is 0. The maximum absolute atomic E-state index is 13.9. The summed E-state index contributed by atoms with van der Waals surface area (Å²) in [6, 6.07) is 6.67. The lowest BCUT2D eigenvalue weighted by molar-refractivity contribution is -0.138. The molecule has 2 aliphatic rings. The number of likely N-dealkylation sites (tertiary alicyclic amines) is 2. The van der Waals surface area contributed by atoms with Crippen LogP contribution in [-0.4, -0.2) is 75.5 Å². The lowest BCUT2D eigenvalue weighted by atomic mass is 9.91. The summed E-state index contributed by atoms with van der Waals surface area (Å²) in [5.41, 5.74) is 0.861. The highest BCUT2D eigenvalue weighted by Gasteiger charge is 2.32. The smallest absolute Gasteiger partial charge is 0.410 e. The van der Waals surface area contributed by atoms with Crippen molar-refractivity contribution in [3.63, 3.8) is 0 Å². The fourth-order valence-corrected chi connectivity index (χ4v) is 5.95. The lowest BCUT2D eigenvalue weighted by Gasteiger charge is -2.35. The van der Waals surface area contributed by atoms with Crippen LogP contribution in [-0.2, 0) is 19.1 Å². The summed E-state index contributed by atoms with van der Waals surface area (Å²) in [5, 5.41) is 21.6. The van der Waals surface area contributed by atoms with E-state index in [1.807, 2.05) is 20.8 Å². The van der Waals surface area contributed by atoms with Crippen molar-refractivity contribution in [1.82, 2.24) is 20.1 Å².